The van der Waals surface area contributed by atoms with Gasteiger partial charge in [-0.15, -0.1) is 0 Å². The molecule has 156 valence electrons. The fraction of sp³-hybridized carbons (Fsp3) is 0.182. The molecule has 0 unspecified atom stereocenters. The van der Waals surface area contributed by atoms with E-state index >= 15 is 0 Å². The number of aromatic nitrogens is 1. The van der Waals surface area contributed by atoms with E-state index in [0.29, 0.717) is 33.7 Å². The molecule has 0 aliphatic rings. The highest BCUT2D eigenvalue weighted by atomic mass is 19.4. The first kappa shape index (κ1) is 21.3. The van der Waals surface area contributed by atoms with Crippen molar-refractivity contribution < 1.29 is 32.5 Å². The Bertz CT molecular complexity index is 1050. The number of pyridine rings is 1. The normalized spacial score (nSPS) is 11.3. The van der Waals surface area contributed by atoms with Gasteiger partial charge < -0.3 is 14.6 Å². The minimum atomic E-state index is -4.43. The molecule has 3 aromatic rings. The topological polar surface area (TPSA) is 68.7 Å². The number of halogens is 3. The van der Waals surface area contributed by atoms with Crippen molar-refractivity contribution in [3.05, 3.63) is 72.1 Å². The number of aliphatic carboxylic acids is 1. The average molecular weight is 417 g/mol. The summed E-state index contributed by atoms with van der Waals surface area (Å²) in [5.74, 6) is -0.545. The van der Waals surface area contributed by atoms with E-state index in [4.69, 9.17) is 14.6 Å². The lowest BCUT2D eigenvalue weighted by atomic mass is 9.97. The maximum absolute atomic E-state index is 13.1. The van der Waals surface area contributed by atoms with Gasteiger partial charge in [-0.2, -0.15) is 13.2 Å². The van der Waals surface area contributed by atoms with Crippen molar-refractivity contribution in [2.24, 2.45) is 0 Å². The zero-order chi connectivity index (χ0) is 21.7. The number of rotatable bonds is 7. The molecule has 0 fully saturated rings. The number of methoxy groups -OCH3 is 1. The van der Waals surface area contributed by atoms with Gasteiger partial charge in [-0.05, 0) is 53.1 Å². The second-order valence-corrected chi connectivity index (χ2v) is 6.42. The van der Waals surface area contributed by atoms with Gasteiger partial charge in [0.2, 0.25) is 0 Å². The van der Waals surface area contributed by atoms with Gasteiger partial charge in [0.05, 0.1) is 25.0 Å². The van der Waals surface area contributed by atoms with E-state index in [0.717, 1.165) is 12.1 Å². The number of carbonyl (C=O) groups is 1. The number of carboxylic acid groups (broad SMARTS) is 1. The summed E-state index contributed by atoms with van der Waals surface area (Å²) in [5, 5.41) is 8.67. The molecule has 0 radical (unpaired) electrons. The van der Waals surface area contributed by atoms with E-state index < -0.39 is 24.3 Å². The molecule has 0 atom stereocenters. The largest absolute Gasteiger partial charge is 0.496 e. The SMILES string of the molecule is COc1ccc(-c2cccc(C(F)(F)F)c2)cc1-c1ccnc(COCC(=O)O)c1. The van der Waals surface area contributed by atoms with Crippen LogP contribution in [0.1, 0.15) is 11.3 Å². The highest BCUT2D eigenvalue weighted by molar-refractivity contribution is 5.78. The van der Waals surface area contributed by atoms with E-state index in [2.05, 4.69) is 4.98 Å². The van der Waals surface area contributed by atoms with E-state index in [1.165, 1.54) is 13.2 Å². The first-order chi connectivity index (χ1) is 14.3. The molecule has 0 amide bonds. The molecular weight excluding hydrogens is 399 g/mol. The summed E-state index contributed by atoms with van der Waals surface area (Å²) in [6.45, 7) is -0.434. The summed E-state index contributed by atoms with van der Waals surface area (Å²) >= 11 is 0. The number of hydrogen-bond acceptors (Lipinski definition) is 4. The lowest BCUT2D eigenvalue weighted by Crippen LogP contribution is -2.07. The Kier molecular flexibility index (Phi) is 6.37. The maximum atomic E-state index is 13.1. The molecule has 1 N–H and O–H groups in total. The van der Waals surface area contributed by atoms with Crippen LogP contribution >= 0.6 is 0 Å². The predicted octanol–water partition coefficient (Wildman–Crippen LogP) is 5.04. The van der Waals surface area contributed by atoms with Gasteiger partial charge in [0.1, 0.15) is 12.4 Å². The number of nitrogens with zero attached hydrogens (tertiary/aromatic N) is 1. The van der Waals surface area contributed by atoms with Crippen LogP contribution in [-0.2, 0) is 22.3 Å². The van der Waals surface area contributed by atoms with Crippen LogP contribution in [0.15, 0.2) is 60.8 Å². The summed E-state index contributed by atoms with van der Waals surface area (Å²) in [5.41, 5.74) is 2.18. The lowest BCUT2D eigenvalue weighted by Gasteiger charge is -2.13. The van der Waals surface area contributed by atoms with Crippen LogP contribution in [-0.4, -0.2) is 29.8 Å². The van der Waals surface area contributed by atoms with Crippen LogP contribution in [0.3, 0.4) is 0 Å². The van der Waals surface area contributed by atoms with Crippen molar-refractivity contribution in [2.75, 3.05) is 13.7 Å². The van der Waals surface area contributed by atoms with E-state index in [1.54, 1.807) is 42.6 Å². The molecule has 1 heterocycles. The second kappa shape index (κ2) is 8.96. The van der Waals surface area contributed by atoms with E-state index in [9.17, 15) is 18.0 Å². The first-order valence-corrected chi connectivity index (χ1v) is 8.88. The molecule has 8 heteroatoms. The maximum Gasteiger partial charge on any atom is 0.416 e. The molecule has 0 bridgehead atoms. The number of alkyl halides is 3. The molecule has 0 aliphatic carbocycles. The van der Waals surface area contributed by atoms with Gasteiger partial charge in [-0.3, -0.25) is 4.98 Å². The summed E-state index contributed by atoms with van der Waals surface area (Å²) < 4.78 is 49.7. The van der Waals surface area contributed by atoms with Gasteiger partial charge in [0.15, 0.2) is 0 Å². The predicted molar refractivity (Wildman–Crippen MR) is 104 cm³/mol. The van der Waals surface area contributed by atoms with Crippen molar-refractivity contribution in [1.82, 2.24) is 4.98 Å². The molecule has 0 aliphatic heterocycles. The third-order valence-electron chi connectivity index (χ3n) is 4.33. The molecular formula is C22H18F3NO4. The van der Waals surface area contributed by atoms with Crippen LogP contribution < -0.4 is 4.74 Å². The van der Waals surface area contributed by atoms with Crippen molar-refractivity contribution in [3.63, 3.8) is 0 Å². The van der Waals surface area contributed by atoms with Gasteiger partial charge in [-0.25, -0.2) is 4.79 Å². The quantitative estimate of drug-likeness (QED) is 0.583. The molecule has 5 nitrogen and oxygen atoms in total. The smallest absolute Gasteiger partial charge is 0.416 e. The molecule has 30 heavy (non-hydrogen) atoms. The first-order valence-electron chi connectivity index (χ1n) is 8.88. The van der Waals surface area contributed by atoms with Crippen LogP contribution in [0.25, 0.3) is 22.3 Å². The molecule has 1 aromatic heterocycles. The Labute approximate surface area is 170 Å². The van der Waals surface area contributed by atoms with E-state index in [1.807, 2.05) is 0 Å². The van der Waals surface area contributed by atoms with Crippen molar-refractivity contribution in [3.8, 4) is 28.0 Å². The Hall–Kier alpha value is -3.39. The minimum Gasteiger partial charge on any atom is -0.496 e. The average Bonchev–Trinajstić information content (AvgIpc) is 2.73. The third-order valence-corrected chi connectivity index (χ3v) is 4.33. The molecule has 0 spiro atoms. The van der Waals surface area contributed by atoms with E-state index in [-0.39, 0.29) is 6.61 Å². The number of hydrogen-bond donors (Lipinski definition) is 1. The van der Waals surface area contributed by atoms with Crippen LogP contribution in [0.4, 0.5) is 13.2 Å². The Morgan fingerprint density at radius 2 is 1.80 bits per heavy atom. The van der Waals surface area contributed by atoms with Crippen LogP contribution in [0.2, 0.25) is 0 Å². The summed E-state index contributed by atoms with van der Waals surface area (Å²) in [6.07, 6.45) is -2.88. The summed E-state index contributed by atoms with van der Waals surface area (Å²) in [4.78, 5) is 14.7. The second-order valence-electron chi connectivity index (χ2n) is 6.42. The summed E-state index contributed by atoms with van der Waals surface area (Å²) in [7, 11) is 1.50. The summed E-state index contributed by atoms with van der Waals surface area (Å²) in [6, 6.07) is 13.7. The van der Waals surface area contributed by atoms with Gasteiger partial charge >= 0.3 is 12.1 Å². The minimum absolute atomic E-state index is 0.00970. The van der Waals surface area contributed by atoms with Gasteiger partial charge in [-0.1, -0.05) is 18.2 Å². The number of benzene rings is 2. The highest BCUT2D eigenvalue weighted by Crippen LogP contribution is 2.36. The fourth-order valence-electron chi connectivity index (χ4n) is 2.96. The Balaban J connectivity index is 1.97. The van der Waals surface area contributed by atoms with Crippen molar-refractivity contribution in [1.29, 1.82) is 0 Å². The zero-order valence-electron chi connectivity index (χ0n) is 15.9. The van der Waals surface area contributed by atoms with Crippen molar-refractivity contribution in [2.45, 2.75) is 12.8 Å². The lowest BCUT2D eigenvalue weighted by molar-refractivity contribution is -0.142. The standard InChI is InChI=1S/C22H18F3NO4/c1-29-20-6-5-15(14-3-2-4-17(9-14)22(23,24)25)11-19(20)16-7-8-26-18(10-16)12-30-13-21(27)28/h2-11H,12-13H2,1H3,(H,27,28). The van der Waals surface area contributed by atoms with Gasteiger partial charge in [0.25, 0.3) is 0 Å². The molecule has 2 aromatic carbocycles. The van der Waals surface area contributed by atoms with Crippen LogP contribution in [0.5, 0.6) is 5.75 Å². The number of ether oxygens (including phenoxy) is 2. The Morgan fingerprint density at radius 1 is 1.03 bits per heavy atom. The highest BCUT2D eigenvalue weighted by Gasteiger charge is 2.30. The number of carboxylic acids is 1. The zero-order valence-corrected chi connectivity index (χ0v) is 15.9. The van der Waals surface area contributed by atoms with Crippen LogP contribution in [0, 0.1) is 0 Å². The monoisotopic (exact) mass is 417 g/mol. The van der Waals surface area contributed by atoms with Gasteiger partial charge in [0, 0.05) is 11.8 Å². The molecule has 3 rings (SSSR count). The Morgan fingerprint density at radius 3 is 2.50 bits per heavy atom. The molecule has 0 saturated heterocycles. The third kappa shape index (κ3) is 5.15. The molecule has 0 saturated carbocycles. The fourth-order valence-corrected chi connectivity index (χ4v) is 2.96. The van der Waals surface area contributed by atoms with Crippen molar-refractivity contribution >= 4 is 5.97 Å².